The first-order valence-corrected chi connectivity index (χ1v) is 8.20. The summed E-state index contributed by atoms with van der Waals surface area (Å²) in [4.78, 5) is 12.0. The molecule has 0 amide bonds. The number of benzene rings is 2. The fourth-order valence-corrected chi connectivity index (χ4v) is 3.07. The zero-order chi connectivity index (χ0) is 15.5. The molecule has 1 saturated heterocycles. The summed E-state index contributed by atoms with van der Waals surface area (Å²) in [6, 6.07) is 18.6. The van der Waals surface area contributed by atoms with Crippen molar-refractivity contribution in [3.63, 3.8) is 0 Å². The summed E-state index contributed by atoms with van der Waals surface area (Å²) in [5, 5.41) is 4.54. The minimum Gasteiger partial charge on any atom is -0.339 e. The summed E-state index contributed by atoms with van der Waals surface area (Å²) < 4.78 is 0. The lowest BCUT2D eigenvalue weighted by Gasteiger charge is -2.21. The summed E-state index contributed by atoms with van der Waals surface area (Å²) >= 11 is 0. The van der Waals surface area contributed by atoms with E-state index in [-0.39, 0.29) is 12.4 Å². The minimum atomic E-state index is 0. The highest BCUT2D eigenvalue weighted by Crippen LogP contribution is 2.28. The maximum atomic E-state index is 4.92. The average Bonchev–Trinajstić information content (AvgIpc) is 2.91. The zero-order valence-corrected chi connectivity index (χ0v) is 14.3. The molecule has 0 radical (unpaired) electrons. The van der Waals surface area contributed by atoms with Crippen molar-refractivity contribution in [1.82, 2.24) is 15.3 Å². The van der Waals surface area contributed by atoms with Crippen LogP contribution in [0.1, 0.15) is 6.42 Å². The van der Waals surface area contributed by atoms with E-state index in [4.69, 9.17) is 9.97 Å². The molecule has 1 aliphatic heterocycles. The maximum absolute atomic E-state index is 4.92. The van der Waals surface area contributed by atoms with Gasteiger partial charge >= 0.3 is 0 Å². The summed E-state index contributed by atoms with van der Waals surface area (Å²) in [6.45, 7) is 4.00. The van der Waals surface area contributed by atoms with Gasteiger partial charge in [0.25, 0.3) is 0 Å². The van der Waals surface area contributed by atoms with E-state index in [0.717, 1.165) is 60.7 Å². The third-order valence-electron chi connectivity index (χ3n) is 4.26. The van der Waals surface area contributed by atoms with E-state index in [2.05, 4.69) is 46.6 Å². The number of hydrogen-bond donors (Lipinski definition) is 1. The van der Waals surface area contributed by atoms with Crippen LogP contribution >= 0.6 is 12.4 Å². The average molecular weight is 341 g/mol. The van der Waals surface area contributed by atoms with Crippen LogP contribution in [0.4, 0.5) is 5.95 Å². The number of hydrogen-bond acceptors (Lipinski definition) is 4. The molecule has 2 heterocycles. The first-order chi connectivity index (χ1) is 11.4. The predicted molar refractivity (Wildman–Crippen MR) is 102 cm³/mol. The van der Waals surface area contributed by atoms with E-state index in [0.29, 0.717) is 0 Å². The normalized spacial score (nSPS) is 14.9. The van der Waals surface area contributed by atoms with Gasteiger partial charge in [-0.25, -0.2) is 9.97 Å². The molecule has 4 rings (SSSR count). The molecule has 3 aromatic rings. The van der Waals surface area contributed by atoms with Crippen LogP contribution in [0.5, 0.6) is 0 Å². The second-order valence-corrected chi connectivity index (χ2v) is 5.85. The summed E-state index contributed by atoms with van der Waals surface area (Å²) in [5.74, 6) is 0.839. The lowest BCUT2D eigenvalue weighted by atomic mass is 10.1. The van der Waals surface area contributed by atoms with Crippen molar-refractivity contribution in [3.05, 3.63) is 54.6 Å². The van der Waals surface area contributed by atoms with Crippen molar-refractivity contribution >= 4 is 29.3 Å². The first kappa shape index (κ1) is 16.7. The number of aromatic nitrogens is 2. The standard InChI is InChI=1S/C19H20N4.ClH/c1-2-7-15(8-3-1)18-16-9-4-5-10-17(16)21-19(22-18)23-13-6-11-20-12-14-23;/h1-5,7-10,20H,6,11-14H2;1H. The molecule has 24 heavy (non-hydrogen) atoms. The lowest BCUT2D eigenvalue weighted by Crippen LogP contribution is -2.29. The zero-order valence-electron chi connectivity index (χ0n) is 13.5. The number of rotatable bonds is 2. The molecule has 0 atom stereocenters. The van der Waals surface area contributed by atoms with Crippen molar-refractivity contribution in [2.24, 2.45) is 0 Å². The van der Waals surface area contributed by atoms with Gasteiger partial charge in [-0.2, -0.15) is 0 Å². The number of nitrogens with one attached hydrogen (secondary N) is 1. The van der Waals surface area contributed by atoms with Gasteiger partial charge in [0.1, 0.15) is 0 Å². The van der Waals surface area contributed by atoms with Crippen LogP contribution in [-0.4, -0.2) is 36.1 Å². The molecule has 1 aromatic heterocycles. The molecule has 4 nitrogen and oxygen atoms in total. The molecule has 1 aliphatic rings. The topological polar surface area (TPSA) is 41.1 Å². The van der Waals surface area contributed by atoms with Crippen LogP contribution in [0.3, 0.4) is 0 Å². The molecular weight excluding hydrogens is 320 g/mol. The molecule has 0 aliphatic carbocycles. The molecule has 2 aromatic carbocycles. The Labute approximate surface area is 148 Å². The smallest absolute Gasteiger partial charge is 0.226 e. The van der Waals surface area contributed by atoms with E-state index in [1.165, 1.54) is 0 Å². The number of fused-ring (bicyclic) bond motifs is 1. The molecular formula is C19H21ClN4. The van der Waals surface area contributed by atoms with Gasteiger partial charge in [0.05, 0.1) is 11.2 Å². The number of anilines is 1. The molecule has 0 unspecified atom stereocenters. The maximum Gasteiger partial charge on any atom is 0.226 e. The highest BCUT2D eigenvalue weighted by Gasteiger charge is 2.15. The van der Waals surface area contributed by atoms with Crippen LogP contribution in [0.25, 0.3) is 22.2 Å². The summed E-state index contributed by atoms with van der Waals surface area (Å²) in [7, 11) is 0. The van der Waals surface area contributed by atoms with Gasteiger partial charge in [-0.1, -0.05) is 48.5 Å². The van der Waals surface area contributed by atoms with E-state index >= 15 is 0 Å². The van der Waals surface area contributed by atoms with Crippen molar-refractivity contribution < 1.29 is 0 Å². The minimum absolute atomic E-state index is 0. The van der Waals surface area contributed by atoms with E-state index in [9.17, 15) is 0 Å². The Bertz CT molecular complexity index is 799. The van der Waals surface area contributed by atoms with Gasteiger partial charge in [-0.3, -0.25) is 0 Å². The third-order valence-corrected chi connectivity index (χ3v) is 4.26. The van der Waals surface area contributed by atoms with Crippen molar-refractivity contribution in [3.8, 4) is 11.3 Å². The van der Waals surface area contributed by atoms with Gasteiger partial charge in [-0.05, 0) is 19.0 Å². The fraction of sp³-hybridized carbons (Fsp3) is 0.263. The Kier molecular flexibility index (Phi) is 5.28. The second-order valence-electron chi connectivity index (χ2n) is 5.85. The Morgan fingerprint density at radius 1 is 0.833 bits per heavy atom. The fourth-order valence-electron chi connectivity index (χ4n) is 3.07. The Morgan fingerprint density at radius 3 is 2.50 bits per heavy atom. The van der Waals surface area contributed by atoms with Crippen molar-refractivity contribution in [1.29, 1.82) is 0 Å². The van der Waals surface area contributed by atoms with Gasteiger partial charge in [0, 0.05) is 30.6 Å². The van der Waals surface area contributed by atoms with Crippen molar-refractivity contribution in [2.75, 3.05) is 31.1 Å². The molecule has 1 N–H and O–H groups in total. The molecule has 0 bridgehead atoms. The predicted octanol–water partition coefficient (Wildman–Crippen LogP) is 3.52. The second kappa shape index (κ2) is 7.60. The number of halogens is 1. The highest BCUT2D eigenvalue weighted by atomic mass is 35.5. The van der Waals surface area contributed by atoms with Gasteiger partial charge < -0.3 is 10.2 Å². The number of nitrogens with zero attached hydrogens (tertiary/aromatic N) is 3. The molecule has 0 saturated carbocycles. The van der Waals surface area contributed by atoms with Crippen LogP contribution in [0.15, 0.2) is 54.6 Å². The Morgan fingerprint density at radius 2 is 1.62 bits per heavy atom. The van der Waals surface area contributed by atoms with Crippen LogP contribution < -0.4 is 10.2 Å². The highest BCUT2D eigenvalue weighted by molar-refractivity contribution is 5.93. The quantitative estimate of drug-likeness (QED) is 0.775. The van der Waals surface area contributed by atoms with Gasteiger partial charge in [-0.15, -0.1) is 12.4 Å². The van der Waals surface area contributed by atoms with Gasteiger partial charge in [0.15, 0.2) is 0 Å². The SMILES string of the molecule is Cl.c1ccc(-c2nc(N3CCCNCC3)nc3ccccc23)cc1. The monoisotopic (exact) mass is 340 g/mol. The van der Waals surface area contributed by atoms with Crippen LogP contribution in [-0.2, 0) is 0 Å². The molecule has 5 heteroatoms. The Hall–Kier alpha value is -2.17. The van der Waals surface area contributed by atoms with E-state index in [1.54, 1.807) is 0 Å². The molecule has 0 spiro atoms. The molecule has 124 valence electrons. The van der Waals surface area contributed by atoms with Crippen molar-refractivity contribution in [2.45, 2.75) is 6.42 Å². The van der Waals surface area contributed by atoms with Gasteiger partial charge in [0.2, 0.25) is 5.95 Å². The van der Waals surface area contributed by atoms with Crippen LogP contribution in [0.2, 0.25) is 0 Å². The van der Waals surface area contributed by atoms with Crippen LogP contribution in [0, 0.1) is 0 Å². The first-order valence-electron chi connectivity index (χ1n) is 8.20. The largest absolute Gasteiger partial charge is 0.339 e. The summed E-state index contributed by atoms with van der Waals surface area (Å²) in [6.07, 6.45) is 1.12. The third kappa shape index (κ3) is 3.35. The lowest BCUT2D eigenvalue weighted by molar-refractivity contribution is 0.724. The van der Waals surface area contributed by atoms with E-state index < -0.39 is 0 Å². The Balaban J connectivity index is 0.00000169. The number of para-hydroxylation sites is 1. The van der Waals surface area contributed by atoms with E-state index in [1.807, 2.05) is 18.2 Å². The summed E-state index contributed by atoms with van der Waals surface area (Å²) in [5.41, 5.74) is 3.16. The molecule has 1 fully saturated rings.